The Bertz CT molecular complexity index is 971. The van der Waals surface area contributed by atoms with Crippen molar-refractivity contribution in [3.8, 4) is 17.1 Å². The van der Waals surface area contributed by atoms with Crippen molar-refractivity contribution in [3.05, 3.63) is 46.1 Å². The topological polar surface area (TPSA) is 125 Å². The van der Waals surface area contributed by atoms with Crippen molar-refractivity contribution in [2.75, 3.05) is 12.8 Å². The number of nitrogens with two attached hydrogens (primary N) is 1. The van der Waals surface area contributed by atoms with E-state index in [0.29, 0.717) is 27.3 Å². The monoisotopic (exact) mass is 407 g/mol. The van der Waals surface area contributed by atoms with E-state index in [-0.39, 0.29) is 11.6 Å². The summed E-state index contributed by atoms with van der Waals surface area (Å²) in [4.78, 5) is 16.3. The van der Waals surface area contributed by atoms with Gasteiger partial charge in [-0.05, 0) is 30.3 Å². The van der Waals surface area contributed by atoms with Crippen molar-refractivity contribution >= 4 is 40.3 Å². The standard InChI is InChI=1S/C16H14ClN5O4S/c1-24-13-4-2-9(6-11(13)17)12-5-3-10(25-12)8-19-22-26-15(23)7-14-20-21-16(18)27-14/h2-6,8,22H,7H2,1H3,(H2,18,21)/b19-8-. The van der Waals surface area contributed by atoms with Gasteiger partial charge in [0.05, 0.1) is 18.3 Å². The average Bonchev–Trinajstić information content (AvgIpc) is 3.28. The van der Waals surface area contributed by atoms with E-state index in [2.05, 4.69) is 20.9 Å². The number of benzene rings is 1. The van der Waals surface area contributed by atoms with Gasteiger partial charge in [-0.2, -0.15) is 0 Å². The van der Waals surface area contributed by atoms with E-state index in [1.807, 2.05) is 6.07 Å². The summed E-state index contributed by atoms with van der Waals surface area (Å²) < 4.78 is 10.8. The summed E-state index contributed by atoms with van der Waals surface area (Å²) >= 11 is 7.22. The number of carbonyl (C=O) groups is 1. The number of anilines is 1. The van der Waals surface area contributed by atoms with E-state index in [0.717, 1.165) is 16.9 Å². The molecule has 2 heterocycles. The molecule has 2 aromatic heterocycles. The lowest BCUT2D eigenvalue weighted by Gasteiger charge is -2.04. The summed E-state index contributed by atoms with van der Waals surface area (Å²) in [5.41, 5.74) is 8.41. The van der Waals surface area contributed by atoms with Crippen LogP contribution in [0.25, 0.3) is 11.3 Å². The predicted molar refractivity (Wildman–Crippen MR) is 101 cm³/mol. The molecule has 140 valence electrons. The molecule has 0 radical (unpaired) electrons. The number of furan rings is 1. The van der Waals surface area contributed by atoms with E-state index in [4.69, 9.17) is 31.3 Å². The largest absolute Gasteiger partial charge is 0.495 e. The molecule has 3 rings (SSSR count). The number of hydrogen-bond acceptors (Lipinski definition) is 10. The van der Waals surface area contributed by atoms with Gasteiger partial charge < -0.3 is 19.7 Å². The number of rotatable bonds is 7. The highest BCUT2D eigenvalue weighted by Crippen LogP contribution is 2.30. The summed E-state index contributed by atoms with van der Waals surface area (Å²) in [6.45, 7) is 0. The Morgan fingerprint density at radius 2 is 2.26 bits per heavy atom. The molecule has 0 bridgehead atoms. The number of nitrogens with zero attached hydrogens (tertiary/aromatic N) is 3. The fraction of sp³-hybridized carbons (Fsp3) is 0.125. The number of hydrogen-bond donors (Lipinski definition) is 2. The minimum absolute atomic E-state index is 0.0550. The van der Waals surface area contributed by atoms with Crippen LogP contribution in [0, 0.1) is 0 Å². The lowest BCUT2D eigenvalue weighted by Crippen LogP contribution is -2.16. The molecule has 11 heteroatoms. The van der Waals surface area contributed by atoms with Crippen molar-refractivity contribution in [1.29, 1.82) is 0 Å². The number of methoxy groups -OCH3 is 1. The molecule has 3 aromatic rings. The van der Waals surface area contributed by atoms with E-state index < -0.39 is 5.97 Å². The lowest BCUT2D eigenvalue weighted by molar-refractivity contribution is -0.150. The van der Waals surface area contributed by atoms with Crippen molar-refractivity contribution in [3.63, 3.8) is 0 Å². The zero-order chi connectivity index (χ0) is 19.2. The Morgan fingerprint density at radius 1 is 1.41 bits per heavy atom. The summed E-state index contributed by atoms with van der Waals surface area (Å²) in [6, 6.07) is 8.79. The van der Waals surface area contributed by atoms with Gasteiger partial charge >= 0.3 is 5.97 Å². The zero-order valence-corrected chi connectivity index (χ0v) is 15.6. The van der Waals surface area contributed by atoms with Crippen LogP contribution in [-0.4, -0.2) is 29.5 Å². The summed E-state index contributed by atoms with van der Waals surface area (Å²) in [5, 5.41) is 12.3. The maximum Gasteiger partial charge on any atom is 0.341 e. The van der Waals surface area contributed by atoms with Crippen LogP contribution < -0.4 is 16.1 Å². The van der Waals surface area contributed by atoms with Gasteiger partial charge in [0.1, 0.15) is 28.7 Å². The molecule has 3 N–H and O–H groups in total. The van der Waals surface area contributed by atoms with Crippen LogP contribution in [0.15, 0.2) is 39.9 Å². The van der Waals surface area contributed by atoms with Crippen LogP contribution in [0.4, 0.5) is 5.13 Å². The van der Waals surface area contributed by atoms with E-state index in [1.165, 1.54) is 6.21 Å². The average molecular weight is 408 g/mol. The number of ether oxygens (including phenoxy) is 1. The first kappa shape index (κ1) is 18.7. The molecular formula is C16H14ClN5O4S. The Labute approximate surface area is 162 Å². The van der Waals surface area contributed by atoms with Gasteiger partial charge in [-0.15, -0.1) is 20.9 Å². The minimum atomic E-state index is -0.573. The molecule has 0 aliphatic rings. The van der Waals surface area contributed by atoms with E-state index in [1.54, 1.807) is 31.4 Å². The highest BCUT2D eigenvalue weighted by atomic mass is 35.5. The molecule has 0 amide bonds. The van der Waals surface area contributed by atoms with Gasteiger partial charge in [-0.25, -0.2) is 4.79 Å². The molecule has 0 unspecified atom stereocenters. The molecule has 1 aromatic carbocycles. The molecule has 27 heavy (non-hydrogen) atoms. The number of nitrogen functional groups attached to an aromatic ring is 1. The minimum Gasteiger partial charge on any atom is -0.495 e. The number of hydrazone groups is 1. The van der Waals surface area contributed by atoms with Gasteiger partial charge in [-0.3, -0.25) is 0 Å². The smallest absolute Gasteiger partial charge is 0.341 e. The molecular weight excluding hydrogens is 394 g/mol. The Morgan fingerprint density at radius 3 is 2.96 bits per heavy atom. The van der Waals surface area contributed by atoms with Gasteiger partial charge in [0, 0.05) is 5.56 Å². The van der Waals surface area contributed by atoms with E-state index in [9.17, 15) is 4.79 Å². The molecule has 0 atom stereocenters. The summed E-state index contributed by atoms with van der Waals surface area (Å²) in [6.07, 6.45) is 1.31. The Hall–Kier alpha value is -3.11. The normalized spacial score (nSPS) is 10.9. The van der Waals surface area contributed by atoms with Gasteiger partial charge in [0.15, 0.2) is 0 Å². The summed E-state index contributed by atoms with van der Waals surface area (Å²) in [7, 11) is 1.55. The maximum absolute atomic E-state index is 11.6. The van der Waals surface area contributed by atoms with Gasteiger partial charge in [0.2, 0.25) is 5.13 Å². The third-order valence-electron chi connectivity index (χ3n) is 3.25. The molecule has 0 spiro atoms. The summed E-state index contributed by atoms with van der Waals surface area (Å²) in [5.74, 6) is 1.07. The fourth-order valence-electron chi connectivity index (χ4n) is 2.06. The third-order valence-corrected chi connectivity index (χ3v) is 4.29. The second-order valence-electron chi connectivity index (χ2n) is 5.09. The highest BCUT2D eigenvalue weighted by Gasteiger charge is 2.10. The van der Waals surface area contributed by atoms with Crippen LogP contribution in [0.1, 0.15) is 10.8 Å². The molecule has 0 saturated carbocycles. The SMILES string of the molecule is COc1ccc(-c2ccc(/C=N\NOC(=O)Cc3nnc(N)s3)o2)cc1Cl. The van der Waals surface area contributed by atoms with Gasteiger partial charge in [0.25, 0.3) is 0 Å². The highest BCUT2D eigenvalue weighted by molar-refractivity contribution is 7.15. The second kappa shape index (κ2) is 8.52. The Kier molecular flexibility index (Phi) is 5.89. The van der Waals surface area contributed by atoms with Crippen LogP contribution >= 0.6 is 22.9 Å². The second-order valence-corrected chi connectivity index (χ2v) is 6.59. The molecule has 0 fully saturated rings. The number of aromatic nitrogens is 2. The zero-order valence-electron chi connectivity index (χ0n) is 14.0. The number of halogens is 1. The van der Waals surface area contributed by atoms with Crippen LogP contribution in [-0.2, 0) is 16.1 Å². The first-order valence-corrected chi connectivity index (χ1v) is 8.74. The van der Waals surface area contributed by atoms with Gasteiger partial charge in [-0.1, -0.05) is 22.9 Å². The van der Waals surface area contributed by atoms with Crippen LogP contribution in [0.5, 0.6) is 5.75 Å². The maximum atomic E-state index is 11.6. The molecule has 0 saturated heterocycles. The van der Waals surface area contributed by atoms with Crippen LogP contribution in [0.3, 0.4) is 0 Å². The van der Waals surface area contributed by atoms with E-state index >= 15 is 0 Å². The quantitative estimate of drug-likeness (QED) is 0.452. The van der Waals surface area contributed by atoms with Crippen molar-refractivity contribution in [2.45, 2.75) is 6.42 Å². The number of nitrogens with one attached hydrogen (secondary N) is 1. The predicted octanol–water partition coefficient (Wildman–Crippen LogP) is 2.67. The van der Waals surface area contributed by atoms with Crippen molar-refractivity contribution < 1.29 is 18.8 Å². The molecule has 0 aliphatic heterocycles. The van der Waals surface area contributed by atoms with Crippen molar-refractivity contribution in [1.82, 2.24) is 15.8 Å². The van der Waals surface area contributed by atoms with Crippen LogP contribution in [0.2, 0.25) is 5.02 Å². The Balaban J connectivity index is 1.53. The molecule has 9 nitrogen and oxygen atoms in total. The first-order valence-electron chi connectivity index (χ1n) is 7.54. The number of carbonyl (C=O) groups excluding carboxylic acids is 1. The third kappa shape index (κ3) is 4.96. The lowest BCUT2D eigenvalue weighted by atomic mass is 10.2. The first-order chi connectivity index (χ1) is 13.0. The van der Waals surface area contributed by atoms with Crippen molar-refractivity contribution in [2.24, 2.45) is 5.10 Å². The molecule has 0 aliphatic carbocycles. The fourth-order valence-corrected chi connectivity index (χ4v) is 2.91.